The predicted octanol–water partition coefficient (Wildman–Crippen LogP) is 6.55. The zero-order chi connectivity index (χ0) is 27.9. The lowest BCUT2D eigenvalue weighted by atomic mass is 9.99. The van der Waals surface area contributed by atoms with Crippen molar-refractivity contribution in [2.75, 3.05) is 25.3 Å². The number of rotatable bonds is 9. The molecule has 40 heavy (non-hydrogen) atoms. The number of amides is 1. The molecule has 8 nitrogen and oxygen atoms in total. The van der Waals surface area contributed by atoms with Gasteiger partial charge in [-0.05, 0) is 48.0 Å². The van der Waals surface area contributed by atoms with Gasteiger partial charge in [-0.3, -0.25) is 10.1 Å². The van der Waals surface area contributed by atoms with Crippen molar-refractivity contribution in [3.8, 4) is 51.3 Å². The number of benzene rings is 3. The number of carbonyl (C=O) groups is 1. The molecule has 0 aliphatic rings. The standard InChI is InChI=1S/C30H23N5O3S2/c1-37-22-12-8-19(9-13-22)24-16-26(20-10-14-23(38-2)15-11-20)32-29(25(24)17-31)39-18-27(36)33-30-34-28(35-40-30)21-6-4-3-5-7-21/h3-16H,18H2,1-2H3,(H,33,34,35,36). The Morgan fingerprint density at radius 1 is 0.900 bits per heavy atom. The van der Waals surface area contributed by atoms with Crippen LogP contribution in [0.2, 0.25) is 0 Å². The Labute approximate surface area is 239 Å². The van der Waals surface area contributed by atoms with Gasteiger partial charge in [-0.15, -0.1) is 0 Å². The summed E-state index contributed by atoms with van der Waals surface area (Å²) in [5.74, 6) is 1.76. The number of carbonyl (C=O) groups excluding carboxylic acids is 1. The maximum absolute atomic E-state index is 12.9. The molecule has 0 radical (unpaired) electrons. The fourth-order valence-electron chi connectivity index (χ4n) is 3.91. The van der Waals surface area contributed by atoms with Crippen molar-refractivity contribution < 1.29 is 14.3 Å². The van der Waals surface area contributed by atoms with Crippen molar-refractivity contribution in [2.45, 2.75) is 5.03 Å². The monoisotopic (exact) mass is 565 g/mol. The van der Waals surface area contributed by atoms with Crippen LogP contribution in [0.4, 0.5) is 5.13 Å². The number of hydrogen-bond acceptors (Lipinski definition) is 9. The predicted molar refractivity (Wildman–Crippen MR) is 158 cm³/mol. The number of nitrogens with one attached hydrogen (secondary N) is 1. The Morgan fingerprint density at radius 2 is 1.55 bits per heavy atom. The van der Waals surface area contributed by atoms with Crippen molar-refractivity contribution in [1.82, 2.24) is 14.3 Å². The number of aromatic nitrogens is 3. The Hall–Kier alpha value is -4.72. The van der Waals surface area contributed by atoms with Crippen LogP contribution in [0.5, 0.6) is 11.5 Å². The number of ether oxygens (including phenoxy) is 2. The lowest BCUT2D eigenvalue weighted by Crippen LogP contribution is -2.14. The highest BCUT2D eigenvalue weighted by Crippen LogP contribution is 2.35. The first-order chi connectivity index (χ1) is 19.6. The van der Waals surface area contributed by atoms with E-state index in [9.17, 15) is 10.1 Å². The van der Waals surface area contributed by atoms with Crippen LogP contribution in [0, 0.1) is 11.3 Å². The summed E-state index contributed by atoms with van der Waals surface area (Å²) >= 11 is 2.31. The summed E-state index contributed by atoms with van der Waals surface area (Å²) in [6.45, 7) is 0. The average Bonchev–Trinajstić information content (AvgIpc) is 3.48. The van der Waals surface area contributed by atoms with Gasteiger partial charge in [-0.2, -0.15) is 14.6 Å². The second-order valence-corrected chi connectivity index (χ2v) is 10.1. The normalized spacial score (nSPS) is 10.5. The van der Waals surface area contributed by atoms with Gasteiger partial charge >= 0.3 is 0 Å². The van der Waals surface area contributed by atoms with Crippen LogP contribution in [0.15, 0.2) is 90.0 Å². The molecule has 5 rings (SSSR count). The largest absolute Gasteiger partial charge is 0.497 e. The molecule has 0 atom stereocenters. The van der Waals surface area contributed by atoms with E-state index in [1.54, 1.807) is 14.2 Å². The van der Waals surface area contributed by atoms with Crippen LogP contribution in [0.3, 0.4) is 0 Å². The van der Waals surface area contributed by atoms with Crippen LogP contribution in [0.1, 0.15) is 5.56 Å². The Bertz CT molecular complexity index is 1670. The minimum atomic E-state index is -0.271. The van der Waals surface area contributed by atoms with E-state index in [0.717, 1.165) is 34.0 Å². The topological polar surface area (TPSA) is 110 Å². The van der Waals surface area contributed by atoms with Crippen LogP contribution >= 0.6 is 23.3 Å². The Morgan fingerprint density at radius 3 is 2.17 bits per heavy atom. The van der Waals surface area contributed by atoms with Gasteiger partial charge in [0, 0.05) is 28.2 Å². The maximum atomic E-state index is 12.9. The van der Waals surface area contributed by atoms with Crippen molar-refractivity contribution in [3.05, 3.63) is 90.5 Å². The molecule has 0 saturated heterocycles. The number of nitriles is 1. The first kappa shape index (κ1) is 26.9. The van der Waals surface area contributed by atoms with Crippen LogP contribution in [-0.4, -0.2) is 40.2 Å². The molecule has 1 amide bonds. The summed E-state index contributed by atoms with van der Waals surface area (Å²) in [6, 6.07) is 28.8. The SMILES string of the molecule is COc1ccc(-c2cc(-c3ccc(OC)cc3)c(C#N)c(SCC(=O)Nc3nc(-c4ccccc4)ns3)n2)cc1. The number of nitrogens with zero attached hydrogens (tertiary/aromatic N) is 4. The van der Waals surface area contributed by atoms with Crippen LogP contribution < -0.4 is 14.8 Å². The van der Waals surface area contributed by atoms with Crippen LogP contribution in [0.25, 0.3) is 33.8 Å². The molecule has 0 spiro atoms. The summed E-state index contributed by atoms with van der Waals surface area (Å²) < 4.78 is 14.9. The number of thioether (sulfide) groups is 1. The second-order valence-electron chi connectivity index (χ2n) is 8.43. The molecule has 3 aromatic carbocycles. The number of pyridine rings is 1. The molecule has 0 aliphatic heterocycles. The summed E-state index contributed by atoms with van der Waals surface area (Å²) in [4.78, 5) is 22.1. The van der Waals surface area contributed by atoms with Gasteiger partial charge in [-0.1, -0.05) is 54.2 Å². The minimum absolute atomic E-state index is 0.0377. The molecule has 2 aromatic heterocycles. The molecular formula is C30H23N5O3S2. The highest BCUT2D eigenvalue weighted by Gasteiger charge is 2.18. The third kappa shape index (κ3) is 6.12. The summed E-state index contributed by atoms with van der Waals surface area (Å²) in [7, 11) is 3.22. The summed E-state index contributed by atoms with van der Waals surface area (Å²) in [5, 5.41) is 13.8. The first-order valence-electron chi connectivity index (χ1n) is 12.1. The molecule has 0 saturated carbocycles. The van der Waals surface area contributed by atoms with Gasteiger partial charge in [0.1, 0.15) is 22.6 Å². The number of methoxy groups -OCH3 is 2. The number of hydrogen-bond donors (Lipinski definition) is 1. The summed E-state index contributed by atoms with van der Waals surface area (Å²) in [5.41, 5.74) is 4.34. The average molecular weight is 566 g/mol. The van der Waals surface area contributed by atoms with E-state index in [0.29, 0.717) is 38.6 Å². The fourth-order valence-corrected chi connectivity index (χ4v) is 5.32. The summed E-state index contributed by atoms with van der Waals surface area (Å²) in [6.07, 6.45) is 0. The van der Waals surface area contributed by atoms with Gasteiger partial charge in [0.25, 0.3) is 0 Å². The third-order valence-corrected chi connectivity index (χ3v) is 7.54. The van der Waals surface area contributed by atoms with Crippen LogP contribution in [-0.2, 0) is 4.79 Å². The molecule has 198 valence electrons. The van der Waals surface area contributed by atoms with Crippen molar-refractivity contribution in [1.29, 1.82) is 5.26 Å². The van der Waals surface area contributed by atoms with Crippen molar-refractivity contribution in [3.63, 3.8) is 0 Å². The Kier molecular flexibility index (Phi) is 8.35. The molecular weight excluding hydrogens is 542 g/mol. The molecule has 0 unspecified atom stereocenters. The van der Waals surface area contributed by atoms with E-state index >= 15 is 0 Å². The quantitative estimate of drug-likeness (QED) is 0.200. The number of anilines is 1. The van der Waals surface area contributed by atoms with Crippen molar-refractivity contribution in [2.24, 2.45) is 0 Å². The second kappa shape index (κ2) is 12.4. The molecule has 2 heterocycles. The van der Waals surface area contributed by atoms with Gasteiger partial charge in [-0.25, -0.2) is 4.98 Å². The van der Waals surface area contributed by atoms with E-state index in [4.69, 9.17) is 14.5 Å². The van der Waals surface area contributed by atoms with E-state index in [-0.39, 0.29) is 11.7 Å². The maximum Gasteiger partial charge on any atom is 0.236 e. The molecule has 0 bridgehead atoms. The van der Waals surface area contributed by atoms with Crippen molar-refractivity contribution >= 4 is 34.3 Å². The van der Waals surface area contributed by atoms with Gasteiger partial charge in [0.2, 0.25) is 11.0 Å². The highest BCUT2D eigenvalue weighted by molar-refractivity contribution is 8.00. The van der Waals surface area contributed by atoms with E-state index in [1.165, 1.54) is 11.8 Å². The molecule has 0 fully saturated rings. The minimum Gasteiger partial charge on any atom is -0.497 e. The lowest BCUT2D eigenvalue weighted by molar-refractivity contribution is -0.113. The third-order valence-electron chi connectivity index (χ3n) is 5.93. The molecule has 10 heteroatoms. The van der Waals surface area contributed by atoms with E-state index in [1.807, 2.05) is 84.9 Å². The molecule has 1 N–H and O–H groups in total. The van der Waals surface area contributed by atoms with Gasteiger partial charge in [0.15, 0.2) is 5.82 Å². The zero-order valence-corrected chi connectivity index (χ0v) is 23.3. The first-order valence-corrected chi connectivity index (χ1v) is 13.9. The fraction of sp³-hybridized carbons (Fsp3) is 0.100. The van der Waals surface area contributed by atoms with E-state index < -0.39 is 0 Å². The highest BCUT2D eigenvalue weighted by atomic mass is 32.2. The van der Waals surface area contributed by atoms with Gasteiger partial charge < -0.3 is 9.47 Å². The van der Waals surface area contributed by atoms with E-state index in [2.05, 4.69) is 20.7 Å². The van der Waals surface area contributed by atoms with Gasteiger partial charge in [0.05, 0.1) is 31.2 Å². The molecule has 5 aromatic rings. The lowest BCUT2D eigenvalue weighted by Gasteiger charge is -2.13. The Balaban J connectivity index is 1.42. The zero-order valence-electron chi connectivity index (χ0n) is 21.6. The molecule has 0 aliphatic carbocycles. The smallest absolute Gasteiger partial charge is 0.236 e.